The highest BCUT2D eigenvalue weighted by Crippen LogP contribution is 2.25. The van der Waals surface area contributed by atoms with Gasteiger partial charge < -0.3 is 5.32 Å². The van der Waals surface area contributed by atoms with Crippen LogP contribution in [0.2, 0.25) is 0 Å². The average Bonchev–Trinajstić information content (AvgIpc) is 2.81. The predicted octanol–water partition coefficient (Wildman–Crippen LogP) is 2.37. The maximum atomic E-state index is 12.2. The molecule has 1 aromatic heterocycles. The quantitative estimate of drug-likeness (QED) is 0.780. The van der Waals surface area contributed by atoms with E-state index < -0.39 is 10.0 Å². The van der Waals surface area contributed by atoms with Gasteiger partial charge in [0.1, 0.15) is 0 Å². The Kier molecular flexibility index (Phi) is 4.59. The topological polar surface area (TPSA) is 101 Å². The summed E-state index contributed by atoms with van der Waals surface area (Å²) in [5.41, 5.74) is 1.22. The van der Waals surface area contributed by atoms with E-state index in [0.717, 1.165) is 21.4 Å². The molecule has 0 bridgehead atoms. The summed E-state index contributed by atoms with van der Waals surface area (Å²) in [5, 5.41) is 9.71. The number of benzene rings is 1. The molecule has 1 aromatic carbocycles. The molecule has 0 aliphatic heterocycles. The number of sulfonamides is 1. The maximum absolute atomic E-state index is 12.2. The average molecular weight is 391 g/mol. The standard InChI is InChI=1S/C11H11BrN4O3S2/c1-6-5-8(12)3-4-9(6)16-21(18,19)11-15-14-10(20-11)13-7(2)17/h3-5,16H,1-2H3,(H,13,14,17). The third-order valence-electron chi connectivity index (χ3n) is 2.35. The Morgan fingerprint density at radius 1 is 1.33 bits per heavy atom. The highest BCUT2D eigenvalue weighted by atomic mass is 79.9. The molecule has 0 unspecified atom stereocenters. The van der Waals surface area contributed by atoms with Crippen molar-refractivity contribution in [3.63, 3.8) is 0 Å². The smallest absolute Gasteiger partial charge is 0.291 e. The van der Waals surface area contributed by atoms with Crippen LogP contribution in [0.3, 0.4) is 0 Å². The Hall–Kier alpha value is -1.52. The summed E-state index contributed by atoms with van der Waals surface area (Å²) < 4.78 is 27.5. The number of halogens is 1. The van der Waals surface area contributed by atoms with Crippen molar-refractivity contribution in [1.29, 1.82) is 0 Å². The van der Waals surface area contributed by atoms with Crippen LogP contribution in [0.4, 0.5) is 10.8 Å². The van der Waals surface area contributed by atoms with Crippen molar-refractivity contribution in [2.75, 3.05) is 10.0 Å². The number of aromatic nitrogens is 2. The number of rotatable bonds is 4. The lowest BCUT2D eigenvalue weighted by atomic mass is 10.2. The number of nitrogens with zero attached hydrogens (tertiary/aromatic N) is 2. The molecule has 21 heavy (non-hydrogen) atoms. The van der Waals surface area contributed by atoms with Crippen molar-refractivity contribution in [2.24, 2.45) is 0 Å². The fourth-order valence-corrected chi connectivity index (χ4v) is 4.00. The zero-order chi connectivity index (χ0) is 15.6. The number of carbonyl (C=O) groups is 1. The molecule has 7 nitrogen and oxygen atoms in total. The summed E-state index contributed by atoms with van der Waals surface area (Å²) >= 11 is 4.09. The molecule has 0 saturated heterocycles. The van der Waals surface area contributed by atoms with Gasteiger partial charge in [-0.1, -0.05) is 27.3 Å². The van der Waals surface area contributed by atoms with Gasteiger partial charge in [0.2, 0.25) is 11.0 Å². The van der Waals surface area contributed by atoms with Crippen LogP contribution < -0.4 is 10.0 Å². The van der Waals surface area contributed by atoms with Crippen LogP contribution in [0, 0.1) is 6.92 Å². The Labute approximate surface area is 134 Å². The monoisotopic (exact) mass is 390 g/mol. The lowest BCUT2D eigenvalue weighted by Gasteiger charge is -2.08. The van der Waals surface area contributed by atoms with E-state index in [2.05, 4.69) is 36.2 Å². The number of anilines is 2. The lowest BCUT2D eigenvalue weighted by Crippen LogP contribution is -2.13. The predicted molar refractivity (Wildman–Crippen MR) is 83.9 cm³/mol. The number of nitrogens with one attached hydrogen (secondary N) is 2. The third-order valence-corrected chi connectivity index (χ3v) is 5.42. The highest BCUT2D eigenvalue weighted by Gasteiger charge is 2.21. The van der Waals surface area contributed by atoms with Crippen molar-refractivity contribution in [2.45, 2.75) is 18.2 Å². The summed E-state index contributed by atoms with van der Waals surface area (Å²) in [6.07, 6.45) is 0. The van der Waals surface area contributed by atoms with Gasteiger partial charge in [0.15, 0.2) is 0 Å². The van der Waals surface area contributed by atoms with E-state index in [1.807, 2.05) is 0 Å². The molecule has 0 radical (unpaired) electrons. The van der Waals surface area contributed by atoms with Crippen molar-refractivity contribution >= 4 is 54.0 Å². The van der Waals surface area contributed by atoms with Gasteiger partial charge in [0.05, 0.1) is 5.69 Å². The Morgan fingerprint density at radius 2 is 2.05 bits per heavy atom. The Bertz CT molecular complexity index is 789. The number of hydrogen-bond donors (Lipinski definition) is 2. The molecule has 10 heteroatoms. The molecule has 2 rings (SSSR count). The summed E-state index contributed by atoms with van der Waals surface area (Å²) in [6, 6.07) is 5.17. The van der Waals surface area contributed by atoms with Gasteiger partial charge in [-0.05, 0) is 30.7 Å². The summed E-state index contributed by atoms with van der Waals surface area (Å²) in [4.78, 5) is 10.9. The Balaban J connectivity index is 2.25. The molecule has 0 fully saturated rings. The molecular weight excluding hydrogens is 380 g/mol. The van der Waals surface area contributed by atoms with E-state index in [-0.39, 0.29) is 15.4 Å². The van der Waals surface area contributed by atoms with Gasteiger partial charge >= 0.3 is 0 Å². The van der Waals surface area contributed by atoms with Crippen molar-refractivity contribution in [3.05, 3.63) is 28.2 Å². The Morgan fingerprint density at radius 3 is 2.67 bits per heavy atom. The number of aryl methyl sites for hydroxylation is 1. The zero-order valence-corrected chi connectivity index (χ0v) is 14.3. The van der Waals surface area contributed by atoms with E-state index in [1.165, 1.54) is 6.92 Å². The van der Waals surface area contributed by atoms with Gasteiger partial charge in [-0.3, -0.25) is 9.52 Å². The van der Waals surface area contributed by atoms with Crippen LogP contribution in [0.1, 0.15) is 12.5 Å². The molecule has 0 saturated carbocycles. The van der Waals surface area contributed by atoms with Gasteiger partial charge in [-0.2, -0.15) is 8.42 Å². The van der Waals surface area contributed by atoms with Crippen LogP contribution >= 0.6 is 27.3 Å². The normalized spacial score (nSPS) is 11.2. The summed E-state index contributed by atoms with van der Waals surface area (Å²) in [7, 11) is -3.84. The highest BCUT2D eigenvalue weighted by molar-refractivity contribution is 9.10. The van der Waals surface area contributed by atoms with Crippen LogP contribution in [-0.4, -0.2) is 24.5 Å². The van der Waals surface area contributed by atoms with E-state index in [1.54, 1.807) is 25.1 Å². The molecule has 2 aromatic rings. The third kappa shape index (κ3) is 3.99. The van der Waals surface area contributed by atoms with E-state index in [9.17, 15) is 13.2 Å². The molecule has 0 spiro atoms. The minimum absolute atomic E-state index is 0.135. The van der Waals surface area contributed by atoms with Gasteiger partial charge in [0, 0.05) is 11.4 Å². The zero-order valence-electron chi connectivity index (χ0n) is 11.0. The number of amides is 1. The molecule has 1 amide bonds. The minimum Gasteiger partial charge on any atom is -0.301 e. The van der Waals surface area contributed by atoms with E-state index in [4.69, 9.17) is 0 Å². The minimum atomic E-state index is -3.84. The summed E-state index contributed by atoms with van der Waals surface area (Å²) in [6.45, 7) is 3.09. The first-order valence-corrected chi connectivity index (χ1v) is 8.77. The second-order valence-electron chi connectivity index (χ2n) is 4.12. The van der Waals surface area contributed by atoms with Crippen LogP contribution in [-0.2, 0) is 14.8 Å². The fraction of sp³-hybridized carbons (Fsp3) is 0.182. The van der Waals surface area contributed by atoms with E-state index in [0.29, 0.717) is 5.69 Å². The first-order valence-electron chi connectivity index (χ1n) is 5.68. The fourth-order valence-electron chi connectivity index (χ4n) is 1.45. The van der Waals surface area contributed by atoms with Crippen LogP contribution in [0.5, 0.6) is 0 Å². The molecular formula is C11H11BrN4O3S2. The van der Waals surface area contributed by atoms with Crippen LogP contribution in [0.15, 0.2) is 27.0 Å². The van der Waals surface area contributed by atoms with Crippen molar-refractivity contribution in [1.82, 2.24) is 10.2 Å². The summed E-state index contributed by atoms with van der Waals surface area (Å²) in [5.74, 6) is -0.341. The first kappa shape index (κ1) is 15.9. The molecule has 0 aliphatic carbocycles. The molecule has 1 heterocycles. The van der Waals surface area contributed by atoms with Gasteiger partial charge in [-0.15, -0.1) is 10.2 Å². The van der Waals surface area contributed by atoms with Crippen molar-refractivity contribution < 1.29 is 13.2 Å². The molecule has 0 aliphatic rings. The van der Waals surface area contributed by atoms with E-state index >= 15 is 0 Å². The molecule has 112 valence electrons. The maximum Gasteiger partial charge on any atom is 0.291 e. The van der Waals surface area contributed by atoms with Gasteiger partial charge in [-0.25, -0.2) is 0 Å². The number of hydrogen-bond acceptors (Lipinski definition) is 6. The second-order valence-corrected chi connectivity index (χ2v) is 7.87. The second kappa shape index (κ2) is 6.08. The van der Waals surface area contributed by atoms with Crippen LogP contribution in [0.25, 0.3) is 0 Å². The van der Waals surface area contributed by atoms with Crippen molar-refractivity contribution in [3.8, 4) is 0 Å². The van der Waals surface area contributed by atoms with Gasteiger partial charge in [0.25, 0.3) is 14.4 Å². The molecule has 2 N–H and O–H groups in total. The first-order chi connectivity index (χ1) is 9.78. The molecule has 0 atom stereocenters. The largest absolute Gasteiger partial charge is 0.301 e. The number of carbonyl (C=O) groups excluding carboxylic acids is 1. The lowest BCUT2D eigenvalue weighted by molar-refractivity contribution is -0.114. The SMILES string of the molecule is CC(=O)Nc1nnc(S(=O)(=O)Nc2ccc(Br)cc2C)s1.